The minimum absolute atomic E-state index is 0.352. The number of nitriles is 1. The number of H-pyrrole nitrogens is 3. The van der Waals surface area contributed by atoms with Crippen LogP contribution in [0.5, 0.6) is 0 Å². The number of rotatable bonds is 15. The Morgan fingerprint density at radius 2 is 0.975 bits per heavy atom. The Balaban J connectivity index is 0.000000134. The molecule has 6 heterocycles. The van der Waals surface area contributed by atoms with Crippen LogP contribution in [0.3, 0.4) is 0 Å². The molecule has 0 aliphatic carbocycles. The number of anilines is 3. The molecule has 15 heteroatoms. The van der Waals surface area contributed by atoms with Gasteiger partial charge in [0.15, 0.2) is 6.29 Å². The summed E-state index contributed by atoms with van der Waals surface area (Å²) in [5, 5.41) is 35.8. The zero-order valence-electron chi connectivity index (χ0n) is 45.7. The van der Waals surface area contributed by atoms with Crippen molar-refractivity contribution in [3.63, 3.8) is 0 Å². The van der Waals surface area contributed by atoms with Crippen LogP contribution in [-0.2, 0) is 19.6 Å². The smallest absolute Gasteiger partial charge is 0.376 e. The van der Waals surface area contributed by atoms with E-state index >= 15 is 0 Å². The minimum atomic E-state index is -0.394. The Bertz CT molecular complexity index is 3380. The molecule has 0 spiro atoms. The fourth-order valence-corrected chi connectivity index (χ4v) is 11.9. The van der Waals surface area contributed by atoms with Crippen molar-refractivity contribution in [1.82, 2.24) is 29.9 Å². The summed E-state index contributed by atoms with van der Waals surface area (Å²) in [6.45, 7) is 12.1. The SMILES string of the molecule is CB(O)N1CCC(N(Cc2ccccc2)c2ccc3[nH]cc(C=O)c3c2)CC1.CB(O)N1CCC(N(Cc2ccccc2)c2ccc3[nH]ccc3c2)CC1.N#Cc1c[nH]c2ccc(N(Cc3ccccc3)C3CCNCC3)cc12. The van der Waals surface area contributed by atoms with Gasteiger partial charge in [0, 0.05) is 112 Å². The molecule has 12 rings (SSSR count). The molecular weight excluding hydrogens is 978 g/mol. The maximum absolute atomic E-state index is 11.4. The Kier molecular flexibility index (Phi) is 18.3. The number of carbonyl (C=O) groups is 1. The fraction of sp³-hybridized carbons (Fsp3) is 0.312. The van der Waals surface area contributed by atoms with E-state index in [0.29, 0.717) is 29.3 Å². The number of aldehydes is 1. The topological polar surface area (TPSA) is 157 Å². The van der Waals surface area contributed by atoms with Gasteiger partial charge in [-0.1, -0.05) is 91.0 Å². The Morgan fingerprint density at radius 3 is 1.44 bits per heavy atom. The van der Waals surface area contributed by atoms with Gasteiger partial charge in [-0.15, -0.1) is 0 Å². The van der Waals surface area contributed by atoms with Crippen molar-refractivity contribution in [2.45, 2.75) is 89.9 Å². The molecule has 6 aromatic carbocycles. The first-order chi connectivity index (χ1) is 38.7. The third kappa shape index (κ3) is 13.7. The first-order valence-electron chi connectivity index (χ1n) is 28.3. The van der Waals surface area contributed by atoms with Crippen molar-refractivity contribution < 1.29 is 14.8 Å². The molecule has 0 amide bonds. The molecule has 3 aliphatic heterocycles. The van der Waals surface area contributed by atoms with Crippen LogP contribution in [-0.4, -0.2) is 112 Å². The van der Waals surface area contributed by atoms with Gasteiger partial charge in [-0.05, 0) is 169 Å². The van der Waals surface area contributed by atoms with Crippen LogP contribution in [0, 0.1) is 11.3 Å². The highest BCUT2D eigenvalue weighted by molar-refractivity contribution is 6.45. The van der Waals surface area contributed by atoms with E-state index in [1.54, 1.807) is 12.4 Å². The molecule has 9 aromatic rings. The number of carbonyl (C=O) groups excluding carboxylic acids is 1. The number of piperidine rings is 3. The average Bonchev–Trinajstić information content (AvgIpc) is 4.36. The quantitative estimate of drug-likeness (QED) is 0.0431. The normalized spacial score (nSPS) is 15.6. The van der Waals surface area contributed by atoms with E-state index in [1.165, 1.54) is 39.0 Å². The summed E-state index contributed by atoms with van der Waals surface area (Å²) in [5.74, 6) is 0. The molecule has 0 radical (unpaired) electrons. The van der Waals surface area contributed by atoms with E-state index in [2.05, 4.69) is 196 Å². The molecule has 0 atom stereocenters. The molecule has 0 saturated carbocycles. The van der Waals surface area contributed by atoms with Crippen LogP contribution in [0.4, 0.5) is 17.1 Å². The first kappa shape index (κ1) is 54.8. The monoisotopic (exact) mass is 1050 g/mol. The molecule has 0 unspecified atom stereocenters. The summed E-state index contributed by atoms with van der Waals surface area (Å²) < 4.78 is 0. The number of hydrogen-bond acceptors (Lipinski definition) is 10. The number of nitrogens with one attached hydrogen (secondary N) is 4. The zero-order chi connectivity index (χ0) is 54.5. The largest absolute Gasteiger partial charge is 0.437 e. The third-order valence-corrected chi connectivity index (χ3v) is 16.4. The lowest BCUT2D eigenvalue weighted by Crippen LogP contribution is -2.49. The van der Waals surface area contributed by atoms with Gasteiger partial charge in [-0.25, -0.2) is 0 Å². The van der Waals surface area contributed by atoms with Gasteiger partial charge in [0.05, 0.1) is 5.56 Å². The lowest BCUT2D eigenvalue weighted by molar-refractivity contribution is 0.112. The summed E-state index contributed by atoms with van der Waals surface area (Å²) >= 11 is 0. The second-order valence-corrected chi connectivity index (χ2v) is 21.5. The maximum atomic E-state index is 11.4. The first-order valence-corrected chi connectivity index (χ1v) is 28.3. The van der Waals surface area contributed by atoms with Crippen molar-refractivity contribution in [2.75, 3.05) is 54.0 Å². The van der Waals surface area contributed by atoms with Crippen molar-refractivity contribution in [3.8, 4) is 6.07 Å². The predicted octanol–water partition coefficient (Wildman–Crippen LogP) is 11.1. The summed E-state index contributed by atoms with van der Waals surface area (Å²) in [6.07, 6.45) is 12.9. The van der Waals surface area contributed by atoms with Crippen LogP contribution < -0.4 is 20.0 Å². The maximum Gasteiger partial charge on any atom is 0.376 e. The van der Waals surface area contributed by atoms with E-state index in [-0.39, 0.29) is 7.05 Å². The lowest BCUT2D eigenvalue weighted by Gasteiger charge is -2.40. The van der Waals surface area contributed by atoms with E-state index < -0.39 is 7.05 Å². The van der Waals surface area contributed by atoms with Gasteiger partial charge in [0.2, 0.25) is 0 Å². The molecule has 0 bridgehead atoms. The molecule has 3 aliphatic rings. The highest BCUT2D eigenvalue weighted by Gasteiger charge is 2.30. The van der Waals surface area contributed by atoms with Gasteiger partial charge in [-0.3, -0.25) is 4.79 Å². The minimum Gasteiger partial charge on any atom is -0.437 e. The van der Waals surface area contributed by atoms with E-state index in [0.717, 1.165) is 131 Å². The summed E-state index contributed by atoms with van der Waals surface area (Å²) in [7, 11) is -0.746. The summed E-state index contributed by atoms with van der Waals surface area (Å²) in [6, 6.07) is 57.1. The second kappa shape index (κ2) is 26.4. The number of benzene rings is 6. The van der Waals surface area contributed by atoms with Crippen molar-refractivity contribution in [3.05, 3.63) is 198 Å². The molecule has 13 nitrogen and oxygen atoms in total. The highest BCUT2D eigenvalue weighted by Crippen LogP contribution is 2.33. The van der Waals surface area contributed by atoms with Gasteiger partial charge in [0.1, 0.15) is 6.07 Å². The van der Waals surface area contributed by atoms with Crippen LogP contribution in [0.2, 0.25) is 13.6 Å². The Morgan fingerprint density at radius 1 is 0.544 bits per heavy atom. The van der Waals surface area contributed by atoms with E-state index in [1.807, 2.05) is 25.9 Å². The van der Waals surface area contributed by atoms with Crippen molar-refractivity contribution in [1.29, 1.82) is 5.26 Å². The molecule has 404 valence electrons. The lowest BCUT2D eigenvalue weighted by atomic mass is 9.82. The van der Waals surface area contributed by atoms with E-state index in [9.17, 15) is 20.1 Å². The molecular formula is C64H74B2N10O3. The van der Waals surface area contributed by atoms with Crippen LogP contribution in [0.1, 0.15) is 71.1 Å². The molecule has 3 fully saturated rings. The number of nitrogens with zero attached hydrogens (tertiary/aromatic N) is 6. The second-order valence-electron chi connectivity index (χ2n) is 21.5. The number of fused-ring (bicyclic) bond motifs is 3. The summed E-state index contributed by atoms with van der Waals surface area (Å²) in [5.41, 5.74) is 12.1. The number of aromatic amines is 3. The van der Waals surface area contributed by atoms with Crippen LogP contribution in [0.15, 0.2) is 170 Å². The van der Waals surface area contributed by atoms with Gasteiger partial charge >= 0.3 is 14.1 Å². The molecule has 3 saturated heterocycles. The Hall–Kier alpha value is -7.57. The standard InChI is InChI=1S/C22H26BN3O2.C21H26BN3O.C21H22N4/c1-23(28)25-11-9-19(10-12-25)26(15-17-5-3-2-4-6-17)20-7-8-22-21(13-20)18(16-27)14-24-22;1-22(26)24-13-10-19(11-14-24)25(16-17-5-3-2-4-6-17)20-7-8-21-18(15-20)9-12-23-21;22-13-17-14-24-21-7-6-19(12-20(17)21)25(18-8-10-23-11-9-18)15-16-4-2-1-3-5-16/h2-8,13-14,16,19,24,28H,9-12,15H2,1H3;2-9,12,15,19,23,26H,10-11,13-14,16H2,1H3;1-7,12,14,18,23-24H,8-11,15H2. The van der Waals surface area contributed by atoms with Gasteiger partial charge in [0.25, 0.3) is 0 Å². The average molecular weight is 1050 g/mol. The van der Waals surface area contributed by atoms with Crippen LogP contribution in [0.25, 0.3) is 32.7 Å². The van der Waals surface area contributed by atoms with Crippen LogP contribution >= 0.6 is 0 Å². The summed E-state index contributed by atoms with van der Waals surface area (Å²) in [4.78, 5) is 32.8. The fourth-order valence-electron chi connectivity index (χ4n) is 11.9. The predicted molar refractivity (Wildman–Crippen MR) is 326 cm³/mol. The van der Waals surface area contributed by atoms with Crippen molar-refractivity contribution >= 4 is 70.2 Å². The highest BCUT2D eigenvalue weighted by atomic mass is 16.2. The van der Waals surface area contributed by atoms with Gasteiger partial charge < -0.3 is 54.6 Å². The molecule has 6 N–H and O–H groups in total. The third-order valence-electron chi connectivity index (χ3n) is 16.4. The number of aromatic nitrogens is 3. The van der Waals surface area contributed by atoms with E-state index in [4.69, 9.17) is 0 Å². The zero-order valence-corrected chi connectivity index (χ0v) is 45.7. The van der Waals surface area contributed by atoms with Crippen molar-refractivity contribution in [2.24, 2.45) is 0 Å². The molecule has 79 heavy (non-hydrogen) atoms. The Labute approximate surface area is 466 Å². The molecule has 3 aromatic heterocycles. The van der Waals surface area contributed by atoms with Gasteiger partial charge in [-0.2, -0.15) is 5.26 Å². The number of hydrogen-bond donors (Lipinski definition) is 6.